The Labute approximate surface area is 79.7 Å². The molecule has 0 radical (unpaired) electrons. The summed E-state index contributed by atoms with van der Waals surface area (Å²) < 4.78 is 26.2. The molecule has 1 saturated heterocycles. The van der Waals surface area contributed by atoms with Crippen LogP contribution in [0.5, 0.6) is 0 Å². The van der Waals surface area contributed by atoms with E-state index in [0.717, 1.165) is 25.1 Å². The number of halogens is 3. The quantitative estimate of drug-likeness (QED) is 0.692. The zero-order valence-electron chi connectivity index (χ0n) is 6.78. The summed E-state index contributed by atoms with van der Waals surface area (Å²) in [4.78, 5) is 0. The minimum Gasteiger partial charge on any atom is -0.310 e. The summed E-state index contributed by atoms with van der Waals surface area (Å²) in [5.74, 6) is -1.00. The monoisotopic (exact) mass is 203 g/mol. The number of rotatable bonds is 1. The second kappa shape index (κ2) is 3.24. The number of hydrogen-bond donors (Lipinski definition) is 1. The molecule has 1 nitrogen and oxygen atoms in total. The summed E-state index contributed by atoms with van der Waals surface area (Å²) in [7, 11) is 0. The van der Waals surface area contributed by atoms with Crippen LogP contribution < -0.4 is 5.32 Å². The molecule has 0 amide bonds. The Morgan fingerprint density at radius 2 is 1.92 bits per heavy atom. The zero-order chi connectivity index (χ0) is 9.42. The van der Waals surface area contributed by atoms with Crippen LogP contribution in [-0.4, -0.2) is 6.54 Å². The first-order chi connectivity index (χ1) is 6.20. The Kier molecular flexibility index (Phi) is 2.22. The minimum atomic E-state index is -0.563. The number of benzene rings is 1. The Balaban J connectivity index is 2.46. The Morgan fingerprint density at radius 3 is 2.46 bits per heavy atom. The molecule has 1 aliphatic heterocycles. The number of nitrogens with one attached hydrogen (secondary N) is 1. The minimum absolute atomic E-state index is 0.0998. The molecule has 0 saturated carbocycles. The molecule has 1 unspecified atom stereocenters. The van der Waals surface area contributed by atoms with Crippen molar-refractivity contribution in [2.45, 2.75) is 12.5 Å². The summed E-state index contributed by atoms with van der Waals surface area (Å²) in [6, 6.07) is 2.03. The van der Waals surface area contributed by atoms with Crippen LogP contribution in [0, 0.1) is 11.6 Å². The van der Waals surface area contributed by atoms with Crippen molar-refractivity contribution < 1.29 is 8.78 Å². The highest BCUT2D eigenvalue weighted by atomic mass is 35.5. The molecular formula is C9H8ClF2N. The lowest BCUT2D eigenvalue weighted by atomic mass is 9.97. The second-order valence-electron chi connectivity index (χ2n) is 3.05. The molecule has 70 valence electrons. The molecule has 2 rings (SSSR count). The number of hydrogen-bond acceptors (Lipinski definition) is 1. The highest BCUT2D eigenvalue weighted by Crippen LogP contribution is 2.32. The van der Waals surface area contributed by atoms with E-state index in [9.17, 15) is 8.78 Å². The van der Waals surface area contributed by atoms with Crippen molar-refractivity contribution in [1.82, 2.24) is 5.32 Å². The molecule has 1 fully saturated rings. The predicted octanol–water partition coefficient (Wildman–Crippen LogP) is 2.65. The molecule has 1 atom stereocenters. The standard InChI is InChI=1S/C9H8ClF2N/c10-9-6(12)2-1-5(11)8(9)7-3-4-13-7/h1-2,7,13H,3-4H2. The normalized spacial score (nSPS) is 21.3. The van der Waals surface area contributed by atoms with E-state index in [1.807, 2.05) is 0 Å². The third-order valence-corrected chi connectivity index (χ3v) is 2.64. The van der Waals surface area contributed by atoms with Gasteiger partial charge in [0, 0.05) is 11.6 Å². The van der Waals surface area contributed by atoms with Crippen molar-refractivity contribution >= 4 is 11.6 Å². The fourth-order valence-electron chi connectivity index (χ4n) is 1.40. The van der Waals surface area contributed by atoms with E-state index in [4.69, 9.17) is 11.6 Å². The van der Waals surface area contributed by atoms with Gasteiger partial charge >= 0.3 is 0 Å². The zero-order valence-corrected chi connectivity index (χ0v) is 7.54. The summed E-state index contributed by atoms with van der Waals surface area (Å²) in [6.07, 6.45) is 0.806. The van der Waals surface area contributed by atoms with Crippen molar-refractivity contribution in [3.8, 4) is 0 Å². The average molecular weight is 204 g/mol. The lowest BCUT2D eigenvalue weighted by Crippen LogP contribution is -2.35. The molecule has 13 heavy (non-hydrogen) atoms. The largest absolute Gasteiger partial charge is 0.310 e. The van der Waals surface area contributed by atoms with E-state index in [0.29, 0.717) is 0 Å². The average Bonchev–Trinajstić information content (AvgIpc) is 2.02. The highest BCUT2D eigenvalue weighted by molar-refractivity contribution is 6.31. The van der Waals surface area contributed by atoms with Gasteiger partial charge in [0.25, 0.3) is 0 Å². The van der Waals surface area contributed by atoms with E-state index < -0.39 is 11.6 Å². The highest BCUT2D eigenvalue weighted by Gasteiger charge is 2.25. The van der Waals surface area contributed by atoms with Crippen LogP contribution in [0.3, 0.4) is 0 Å². The molecule has 1 N–H and O–H groups in total. The molecular weight excluding hydrogens is 196 g/mol. The topological polar surface area (TPSA) is 12.0 Å². The summed E-state index contributed by atoms with van der Waals surface area (Å²) in [5, 5.41) is 2.88. The van der Waals surface area contributed by atoms with Crippen LogP contribution in [-0.2, 0) is 0 Å². The first kappa shape index (κ1) is 8.91. The van der Waals surface area contributed by atoms with Gasteiger partial charge < -0.3 is 5.32 Å². The van der Waals surface area contributed by atoms with E-state index in [1.165, 1.54) is 0 Å². The molecule has 0 aromatic heterocycles. The maximum absolute atomic E-state index is 13.2. The molecule has 1 aromatic rings. The first-order valence-electron chi connectivity index (χ1n) is 4.07. The van der Waals surface area contributed by atoms with Gasteiger partial charge in [-0.2, -0.15) is 0 Å². The van der Waals surface area contributed by atoms with Gasteiger partial charge in [0.2, 0.25) is 0 Å². The van der Waals surface area contributed by atoms with Crippen molar-refractivity contribution in [3.05, 3.63) is 34.4 Å². The van der Waals surface area contributed by atoms with Gasteiger partial charge in [-0.1, -0.05) is 11.6 Å². The Morgan fingerprint density at radius 1 is 1.31 bits per heavy atom. The second-order valence-corrected chi connectivity index (χ2v) is 3.43. The molecule has 0 bridgehead atoms. The molecule has 4 heteroatoms. The van der Waals surface area contributed by atoms with Gasteiger partial charge in [0.05, 0.1) is 5.02 Å². The van der Waals surface area contributed by atoms with Crippen molar-refractivity contribution in [2.75, 3.05) is 6.54 Å². The SMILES string of the molecule is Fc1ccc(F)c(C2CCN2)c1Cl. The Bertz CT molecular complexity index is 337. The van der Waals surface area contributed by atoms with Crippen LogP contribution in [0.1, 0.15) is 18.0 Å². The van der Waals surface area contributed by atoms with Crippen LogP contribution >= 0.6 is 11.6 Å². The van der Waals surface area contributed by atoms with Crippen LogP contribution in [0.15, 0.2) is 12.1 Å². The van der Waals surface area contributed by atoms with E-state index >= 15 is 0 Å². The summed E-state index contributed by atoms with van der Waals surface area (Å²) in [6.45, 7) is 0.830. The molecule has 1 heterocycles. The summed E-state index contributed by atoms with van der Waals surface area (Å²) >= 11 is 5.65. The van der Waals surface area contributed by atoms with Crippen LogP contribution in [0.4, 0.5) is 8.78 Å². The molecule has 1 aliphatic rings. The lowest BCUT2D eigenvalue weighted by molar-refractivity contribution is 0.368. The predicted molar refractivity (Wildman–Crippen MR) is 46.7 cm³/mol. The maximum atomic E-state index is 13.2. The van der Waals surface area contributed by atoms with Crippen LogP contribution in [0.2, 0.25) is 5.02 Å². The molecule has 1 aromatic carbocycles. The van der Waals surface area contributed by atoms with Gasteiger partial charge in [0.1, 0.15) is 11.6 Å². The fraction of sp³-hybridized carbons (Fsp3) is 0.333. The first-order valence-corrected chi connectivity index (χ1v) is 4.44. The van der Waals surface area contributed by atoms with E-state index in [1.54, 1.807) is 0 Å². The van der Waals surface area contributed by atoms with Gasteiger partial charge in [-0.05, 0) is 25.1 Å². The van der Waals surface area contributed by atoms with Gasteiger partial charge in [-0.3, -0.25) is 0 Å². The van der Waals surface area contributed by atoms with Crippen LogP contribution in [0.25, 0.3) is 0 Å². The maximum Gasteiger partial charge on any atom is 0.142 e. The molecule has 0 spiro atoms. The summed E-state index contributed by atoms with van der Waals surface area (Å²) in [5.41, 5.74) is 0.257. The van der Waals surface area contributed by atoms with Gasteiger partial charge in [0.15, 0.2) is 0 Å². The molecule has 0 aliphatic carbocycles. The fourth-order valence-corrected chi connectivity index (χ4v) is 1.68. The third-order valence-electron chi connectivity index (χ3n) is 2.25. The van der Waals surface area contributed by atoms with E-state index in [-0.39, 0.29) is 16.6 Å². The van der Waals surface area contributed by atoms with Gasteiger partial charge in [-0.15, -0.1) is 0 Å². The van der Waals surface area contributed by atoms with E-state index in [2.05, 4.69) is 5.32 Å². The van der Waals surface area contributed by atoms with Crippen molar-refractivity contribution in [1.29, 1.82) is 0 Å². The Hall–Kier alpha value is -0.670. The third kappa shape index (κ3) is 1.42. The van der Waals surface area contributed by atoms with Gasteiger partial charge in [-0.25, -0.2) is 8.78 Å². The van der Waals surface area contributed by atoms with Crippen molar-refractivity contribution in [3.63, 3.8) is 0 Å². The lowest BCUT2D eigenvalue weighted by Gasteiger charge is -2.29. The smallest absolute Gasteiger partial charge is 0.142 e. The van der Waals surface area contributed by atoms with Crippen molar-refractivity contribution in [2.24, 2.45) is 0 Å².